The quantitative estimate of drug-likeness (QED) is 0.785. The fourth-order valence-electron chi connectivity index (χ4n) is 3.03. The molecule has 8 heteroatoms. The lowest BCUT2D eigenvalue weighted by Crippen LogP contribution is -2.57. The highest BCUT2D eigenvalue weighted by atomic mass is 16.7. The standard InChI is InChI=1S/C14H17N5O3/c20-13-11(17-5-9-3-1-2-4-16-9)10-6-21-14(22-10)12(13)19-8-15-7-18-19/h1-4,7-8,10-14,17,20H,5-6H2/t10-,11-,12-,13+,14-/m1/s1. The molecule has 0 spiro atoms. The number of ether oxygens (including phenoxy) is 2. The predicted molar refractivity (Wildman–Crippen MR) is 74.5 cm³/mol. The van der Waals surface area contributed by atoms with Gasteiger partial charge >= 0.3 is 0 Å². The third kappa shape index (κ3) is 2.40. The number of aliphatic hydroxyl groups excluding tert-OH is 1. The Morgan fingerprint density at radius 2 is 2.36 bits per heavy atom. The first kappa shape index (κ1) is 13.8. The summed E-state index contributed by atoms with van der Waals surface area (Å²) in [6.45, 7) is 1.00. The van der Waals surface area contributed by atoms with E-state index in [2.05, 4.69) is 20.4 Å². The molecule has 2 aromatic rings. The van der Waals surface area contributed by atoms with E-state index in [4.69, 9.17) is 9.47 Å². The number of aromatic nitrogens is 4. The Balaban J connectivity index is 1.51. The minimum Gasteiger partial charge on any atom is -0.389 e. The summed E-state index contributed by atoms with van der Waals surface area (Å²) in [6, 6.07) is 5.08. The first-order chi connectivity index (χ1) is 10.8. The lowest BCUT2D eigenvalue weighted by atomic mass is 9.96. The van der Waals surface area contributed by atoms with E-state index in [0.29, 0.717) is 13.2 Å². The number of nitrogens with one attached hydrogen (secondary N) is 1. The molecular formula is C14H17N5O3. The van der Waals surface area contributed by atoms with Crippen molar-refractivity contribution in [3.05, 3.63) is 42.7 Å². The molecule has 0 radical (unpaired) electrons. The van der Waals surface area contributed by atoms with Crippen LogP contribution in [-0.2, 0) is 16.0 Å². The van der Waals surface area contributed by atoms with Crippen LogP contribution >= 0.6 is 0 Å². The van der Waals surface area contributed by atoms with Crippen molar-refractivity contribution < 1.29 is 14.6 Å². The Bertz CT molecular complexity index is 608. The Labute approximate surface area is 127 Å². The van der Waals surface area contributed by atoms with Crippen molar-refractivity contribution in [2.24, 2.45) is 0 Å². The van der Waals surface area contributed by atoms with Crippen LogP contribution in [-0.4, -0.2) is 56.0 Å². The van der Waals surface area contributed by atoms with Gasteiger partial charge in [-0.1, -0.05) is 6.07 Å². The van der Waals surface area contributed by atoms with E-state index in [1.165, 1.54) is 6.33 Å². The smallest absolute Gasteiger partial charge is 0.183 e. The second kappa shape index (κ2) is 5.73. The minimum atomic E-state index is -0.684. The number of hydrogen-bond acceptors (Lipinski definition) is 7. The largest absolute Gasteiger partial charge is 0.389 e. The van der Waals surface area contributed by atoms with Crippen molar-refractivity contribution >= 4 is 0 Å². The summed E-state index contributed by atoms with van der Waals surface area (Å²) in [5.74, 6) is 0. The van der Waals surface area contributed by atoms with E-state index in [1.54, 1.807) is 17.2 Å². The van der Waals surface area contributed by atoms with Gasteiger partial charge in [0.25, 0.3) is 0 Å². The van der Waals surface area contributed by atoms with Crippen molar-refractivity contribution in [1.82, 2.24) is 25.1 Å². The molecule has 8 nitrogen and oxygen atoms in total. The van der Waals surface area contributed by atoms with Gasteiger partial charge in [0.05, 0.1) is 24.4 Å². The first-order valence-electron chi connectivity index (χ1n) is 7.25. The van der Waals surface area contributed by atoms with Crippen molar-refractivity contribution in [3.8, 4) is 0 Å². The molecule has 2 fully saturated rings. The number of nitrogens with zero attached hydrogens (tertiary/aromatic N) is 4. The molecule has 2 aromatic heterocycles. The van der Waals surface area contributed by atoms with Gasteiger partial charge in [0.15, 0.2) is 6.29 Å². The van der Waals surface area contributed by atoms with Crippen LogP contribution in [0.15, 0.2) is 37.1 Å². The highest BCUT2D eigenvalue weighted by molar-refractivity contribution is 5.05. The third-order valence-electron chi connectivity index (χ3n) is 4.12. The summed E-state index contributed by atoms with van der Waals surface area (Å²) in [5, 5.41) is 18.2. The summed E-state index contributed by atoms with van der Waals surface area (Å²) in [4.78, 5) is 8.21. The molecule has 2 saturated heterocycles. The number of rotatable bonds is 4. The Morgan fingerprint density at radius 3 is 3.14 bits per heavy atom. The monoisotopic (exact) mass is 303 g/mol. The molecule has 0 unspecified atom stereocenters. The van der Waals surface area contributed by atoms with Crippen molar-refractivity contribution in [1.29, 1.82) is 0 Å². The third-order valence-corrected chi connectivity index (χ3v) is 4.12. The maximum Gasteiger partial charge on any atom is 0.183 e. The molecule has 22 heavy (non-hydrogen) atoms. The highest BCUT2D eigenvalue weighted by Crippen LogP contribution is 2.35. The fourth-order valence-corrected chi connectivity index (χ4v) is 3.03. The van der Waals surface area contributed by atoms with Crippen LogP contribution in [0.25, 0.3) is 0 Å². The second-order valence-corrected chi connectivity index (χ2v) is 5.46. The Hall–Kier alpha value is -1.87. The fraction of sp³-hybridized carbons (Fsp3) is 0.500. The van der Waals surface area contributed by atoms with Gasteiger partial charge in [0.1, 0.15) is 24.8 Å². The molecule has 4 rings (SSSR count). The Morgan fingerprint density at radius 1 is 1.41 bits per heavy atom. The summed E-state index contributed by atoms with van der Waals surface area (Å²) in [7, 11) is 0. The zero-order valence-corrected chi connectivity index (χ0v) is 11.8. The van der Waals surface area contributed by atoms with Crippen LogP contribution in [0.3, 0.4) is 0 Å². The summed E-state index contributed by atoms with van der Waals surface area (Å²) >= 11 is 0. The van der Waals surface area contributed by atoms with E-state index >= 15 is 0 Å². The average Bonchev–Trinajstić information content (AvgIpc) is 3.20. The van der Waals surface area contributed by atoms with Crippen LogP contribution in [0.5, 0.6) is 0 Å². The van der Waals surface area contributed by atoms with Crippen molar-refractivity contribution in [2.75, 3.05) is 6.61 Å². The maximum absolute atomic E-state index is 10.7. The lowest BCUT2D eigenvalue weighted by molar-refractivity contribution is -0.168. The van der Waals surface area contributed by atoms with E-state index in [1.807, 2.05) is 18.2 Å². The van der Waals surface area contributed by atoms with Crippen molar-refractivity contribution in [2.45, 2.75) is 37.1 Å². The molecule has 2 aliphatic heterocycles. The van der Waals surface area contributed by atoms with Crippen LogP contribution in [0, 0.1) is 0 Å². The van der Waals surface area contributed by atoms with Gasteiger partial charge in [0.2, 0.25) is 0 Å². The van der Waals surface area contributed by atoms with Gasteiger partial charge < -0.3 is 19.9 Å². The summed E-state index contributed by atoms with van der Waals surface area (Å²) in [6.07, 6.45) is 3.39. The molecule has 0 amide bonds. The molecule has 2 N–H and O–H groups in total. The summed E-state index contributed by atoms with van der Waals surface area (Å²) < 4.78 is 13.1. The normalized spacial score (nSPS) is 34.0. The van der Waals surface area contributed by atoms with Gasteiger partial charge in [-0.15, -0.1) is 0 Å². The van der Waals surface area contributed by atoms with Gasteiger partial charge in [-0.05, 0) is 12.1 Å². The Kier molecular flexibility index (Phi) is 3.59. The van der Waals surface area contributed by atoms with Crippen LogP contribution in [0.2, 0.25) is 0 Å². The second-order valence-electron chi connectivity index (χ2n) is 5.46. The number of fused-ring (bicyclic) bond motifs is 2. The molecule has 0 aromatic carbocycles. The zero-order valence-electron chi connectivity index (χ0n) is 11.8. The number of aliphatic hydroxyl groups is 1. The van der Waals surface area contributed by atoms with Crippen LogP contribution < -0.4 is 5.32 Å². The molecule has 0 aliphatic carbocycles. The topological polar surface area (TPSA) is 94.3 Å². The van der Waals surface area contributed by atoms with Crippen molar-refractivity contribution in [3.63, 3.8) is 0 Å². The van der Waals surface area contributed by atoms with Gasteiger partial charge in [-0.3, -0.25) is 4.98 Å². The average molecular weight is 303 g/mol. The molecule has 4 heterocycles. The zero-order chi connectivity index (χ0) is 14.9. The molecule has 2 bridgehead atoms. The molecule has 5 atom stereocenters. The maximum atomic E-state index is 10.7. The van der Waals surface area contributed by atoms with E-state index < -0.39 is 18.4 Å². The summed E-state index contributed by atoms with van der Waals surface area (Å²) in [5.41, 5.74) is 0.910. The lowest BCUT2D eigenvalue weighted by Gasteiger charge is -2.38. The number of pyridine rings is 1. The molecule has 2 aliphatic rings. The van der Waals surface area contributed by atoms with E-state index in [-0.39, 0.29) is 12.1 Å². The molecular weight excluding hydrogens is 286 g/mol. The first-order valence-corrected chi connectivity index (χ1v) is 7.25. The van der Waals surface area contributed by atoms with Gasteiger partial charge in [-0.25, -0.2) is 9.67 Å². The highest BCUT2D eigenvalue weighted by Gasteiger charge is 2.51. The van der Waals surface area contributed by atoms with Gasteiger partial charge in [0, 0.05) is 12.7 Å². The SMILES string of the molecule is O[C@H]1[C@H](NCc2ccccn2)[C@H]2CO[C@H](O2)[C@@H]1n1cncn1. The van der Waals surface area contributed by atoms with E-state index in [9.17, 15) is 5.11 Å². The predicted octanol–water partition coefficient (Wildman–Crippen LogP) is -0.511. The van der Waals surface area contributed by atoms with Gasteiger partial charge in [-0.2, -0.15) is 5.10 Å². The van der Waals surface area contributed by atoms with E-state index in [0.717, 1.165) is 5.69 Å². The van der Waals surface area contributed by atoms with Crippen LogP contribution in [0.4, 0.5) is 0 Å². The van der Waals surface area contributed by atoms with Crippen LogP contribution in [0.1, 0.15) is 11.7 Å². The molecule has 116 valence electrons. The number of hydrogen-bond donors (Lipinski definition) is 2. The molecule has 0 saturated carbocycles. The minimum absolute atomic E-state index is 0.177.